The van der Waals surface area contributed by atoms with Gasteiger partial charge in [0.25, 0.3) is 0 Å². The zero-order chi connectivity index (χ0) is 23.0. The van der Waals surface area contributed by atoms with Crippen molar-refractivity contribution in [1.29, 1.82) is 0 Å². The van der Waals surface area contributed by atoms with Gasteiger partial charge >= 0.3 is 6.18 Å². The fraction of sp³-hybridized carbons (Fsp3) is 0.609. The third-order valence-electron chi connectivity index (χ3n) is 6.84. The van der Waals surface area contributed by atoms with Crippen molar-refractivity contribution in [1.82, 2.24) is 20.1 Å². The summed E-state index contributed by atoms with van der Waals surface area (Å²) in [6.45, 7) is 3.31. The first-order valence-electron chi connectivity index (χ1n) is 11.8. The Hall–Kier alpha value is -2.26. The van der Waals surface area contributed by atoms with Crippen LogP contribution in [0.1, 0.15) is 32.7 Å². The zero-order valence-electron chi connectivity index (χ0n) is 18.8. The van der Waals surface area contributed by atoms with Crippen molar-refractivity contribution in [2.75, 3.05) is 38.1 Å². The van der Waals surface area contributed by atoms with Crippen LogP contribution in [-0.4, -0.2) is 58.9 Å². The standard InChI is InChI=1S/C23H28F3N5O/c24-23(25,26)22-19(2-1-7-27-22)20-3-4-21(30-29-20)28-18-10-16-13-31(14-17(16)11-18)12-15-5-8-32-9-6-15/h1-4,7,15-18H,5-6,8-14H2,(H,28,30)/i12D. The number of anilines is 1. The number of rotatable bonds is 5. The average Bonchev–Trinajstić information content (AvgIpc) is 3.38. The molecule has 0 amide bonds. The van der Waals surface area contributed by atoms with Crippen LogP contribution in [-0.2, 0) is 10.9 Å². The van der Waals surface area contributed by atoms with E-state index in [0.717, 1.165) is 58.2 Å². The Kier molecular flexibility index (Phi) is 5.69. The third-order valence-corrected chi connectivity index (χ3v) is 6.84. The van der Waals surface area contributed by atoms with Crippen LogP contribution in [0.3, 0.4) is 0 Å². The Balaban J connectivity index is 1.17. The second-order valence-electron chi connectivity index (χ2n) is 9.09. The van der Waals surface area contributed by atoms with Crippen LogP contribution in [0.25, 0.3) is 11.3 Å². The summed E-state index contributed by atoms with van der Waals surface area (Å²) in [5.74, 6) is 2.09. The summed E-state index contributed by atoms with van der Waals surface area (Å²) in [5, 5.41) is 11.6. The quantitative estimate of drug-likeness (QED) is 0.743. The van der Waals surface area contributed by atoms with E-state index in [1.54, 1.807) is 12.1 Å². The fourth-order valence-electron chi connectivity index (χ4n) is 5.34. The van der Waals surface area contributed by atoms with Gasteiger partial charge in [-0.2, -0.15) is 13.2 Å². The van der Waals surface area contributed by atoms with Crippen molar-refractivity contribution in [3.8, 4) is 11.3 Å². The van der Waals surface area contributed by atoms with E-state index in [4.69, 9.17) is 6.11 Å². The third kappa shape index (κ3) is 4.73. The largest absolute Gasteiger partial charge is 0.434 e. The van der Waals surface area contributed by atoms with Crippen LogP contribution >= 0.6 is 0 Å². The second kappa shape index (κ2) is 8.94. The maximum Gasteiger partial charge on any atom is 0.434 e. The van der Waals surface area contributed by atoms with Crippen LogP contribution < -0.4 is 5.32 Å². The molecule has 3 atom stereocenters. The topological polar surface area (TPSA) is 63.2 Å². The number of hydrogen-bond acceptors (Lipinski definition) is 6. The fourth-order valence-corrected chi connectivity index (χ4v) is 5.34. The van der Waals surface area contributed by atoms with Gasteiger partial charge in [0, 0.05) is 52.0 Å². The molecule has 3 unspecified atom stereocenters. The molecule has 0 spiro atoms. The van der Waals surface area contributed by atoms with Gasteiger partial charge < -0.3 is 15.0 Å². The minimum Gasteiger partial charge on any atom is -0.381 e. The molecular formula is C23H28F3N5O. The van der Waals surface area contributed by atoms with Crippen molar-refractivity contribution >= 4 is 5.82 Å². The number of alkyl halides is 3. The summed E-state index contributed by atoms with van der Waals surface area (Å²) in [6, 6.07) is 6.32. The van der Waals surface area contributed by atoms with Gasteiger partial charge in [0.1, 0.15) is 5.82 Å². The molecule has 2 aliphatic heterocycles. The first kappa shape index (κ1) is 20.4. The van der Waals surface area contributed by atoms with E-state index in [9.17, 15) is 13.2 Å². The molecule has 3 aliphatic rings. The number of fused-ring (bicyclic) bond motifs is 1. The highest BCUT2D eigenvalue weighted by atomic mass is 19.4. The first-order chi connectivity index (χ1) is 15.9. The lowest BCUT2D eigenvalue weighted by molar-refractivity contribution is -0.140. The molecule has 172 valence electrons. The molecule has 1 N–H and O–H groups in total. The SMILES string of the molecule is [2H]C(C1CCOCC1)N1CC2CC(Nc3ccc(-c4cccnc4C(F)(F)F)nn3)CC2C1. The van der Waals surface area contributed by atoms with Gasteiger partial charge in [0.05, 0.1) is 5.69 Å². The van der Waals surface area contributed by atoms with Crippen molar-refractivity contribution in [3.63, 3.8) is 0 Å². The zero-order valence-corrected chi connectivity index (χ0v) is 17.8. The molecule has 1 saturated carbocycles. The highest BCUT2D eigenvalue weighted by Crippen LogP contribution is 2.40. The van der Waals surface area contributed by atoms with E-state index in [-0.39, 0.29) is 23.8 Å². The van der Waals surface area contributed by atoms with E-state index in [1.165, 1.54) is 12.1 Å². The molecular weight excluding hydrogens is 419 g/mol. The van der Waals surface area contributed by atoms with E-state index < -0.39 is 11.9 Å². The summed E-state index contributed by atoms with van der Waals surface area (Å²) in [4.78, 5) is 5.82. The number of pyridine rings is 1. The summed E-state index contributed by atoms with van der Waals surface area (Å²) in [5.41, 5.74) is -0.884. The highest BCUT2D eigenvalue weighted by molar-refractivity contribution is 5.62. The lowest BCUT2D eigenvalue weighted by Gasteiger charge is -2.27. The Labute approximate surface area is 187 Å². The van der Waals surface area contributed by atoms with Crippen LogP contribution in [0.5, 0.6) is 0 Å². The maximum absolute atomic E-state index is 13.2. The molecule has 2 aromatic rings. The number of nitrogens with one attached hydrogen (secondary N) is 1. The van der Waals surface area contributed by atoms with Gasteiger partial charge in [0.2, 0.25) is 0 Å². The molecule has 0 radical (unpaired) electrons. The van der Waals surface area contributed by atoms with Crippen molar-refractivity contribution in [3.05, 3.63) is 36.2 Å². The average molecular weight is 449 g/mol. The highest BCUT2D eigenvalue weighted by Gasteiger charge is 2.41. The Bertz CT molecular complexity index is 940. The predicted molar refractivity (Wildman–Crippen MR) is 114 cm³/mol. The number of likely N-dealkylation sites (tertiary alicyclic amines) is 1. The van der Waals surface area contributed by atoms with Crippen LogP contribution in [0.15, 0.2) is 30.5 Å². The smallest absolute Gasteiger partial charge is 0.381 e. The summed E-state index contributed by atoms with van der Waals surface area (Å²) in [6.07, 6.45) is 0.538. The van der Waals surface area contributed by atoms with Crippen molar-refractivity contribution in [2.24, 2.45) is 17.8 Å². The van der Waals surface area contributed by atoms with Gasteiger partial charge in [-0.15, -0.1) is 10.2 Å². The number of aromatic nitrogens is 3. The molecule has 9 heteroatoms. The minimum absolute atomic E-state index is 0.0750. The summed E-state index contributed by atoms with van der Waals surface area (Å²) < 4.78 is 53.8. The molecule has 0 aromatic carbocycles. The number of hydrogen-bond donors (Lipinski definition) is 1. The van der Waals surface area contributed by atoms with Gasteiger partial charge in [-0.05, 0) is 67.7 Å². The molecule has 1 aliphatic carbocycles. The van der Waals surface area contributed by atoms with Gasteiger partial charge in [0.15, 0.2) is 5.69 Å². The Morgan fingerprint density at radius 2 is 1.84 bits per heavy atom. The van der Waals surface area contributed by atoms with Crippen molar-refractivity contribution < 1.29 is 19.3 Å². The molecule has 2 saturated heterocycles. The van der Waals surface area contributed by atoms with Crippen LogP contribution in [0.2, 0.25) is 0 Å². The first-order valence-corrected chi connectivity index (χ1v) is 11.3. The normalized spacial score (nSPS) is 28.3. The van der Waals surface area contributed by atoms with Gasteiger partial charge in [-0.25, -0.2) is 0 Å². The van der Waals surface area contributed by atoms with E-state index in [1.807, 2.05) is 0 Å². The predicted octanol–water partition coefficient (Wildman–Crippen LogP) is 4.11. The van der Waals surface area contributed by atoms with Crippen LogP contribution in [0.4, 0.5) is 19.0 Å². The monoisotopic (exact) mass is 448 g/mol. The Morgan fingerprint density at radius 3 is 2.50 bits per heavy atom. The lowest BCUT2D eigenvalue weighted by Crippen LogP contribution is -2.32. The minimum atomic E-state index is -4.55. The molecule has 3 fully saturated rings. The van der Waals surface area contributed by atoms with E-state index >= 15 is 0 Å². The number of ether oxygens (including phenoxy) is 1. The molecule has 4 heterocycles. The van der Waals surface area contributed by atoms with E-state index in [2.05, 4.69) is 25.4 Å². The number of nitrogens with zero attached hydrogens (tertiary/aromatic N) is 4. The van der Waals surface area contributed by atoms with Gasteiger partial charge in [-0.3, -0.25) is 4.98 Å². The molecule has 2 aromatic heterocycles. The van der Waals surface area contributed by atoms with Crippen LogP contribution in [0, 0.1) is 17.8 Å². The Morgan fingerprint density at radius 1 is 1.09 bits per heavy atom. The van der Waals surface area contributed by atoms with E-state index in [0.29, 0.717) is 23.6 Å². The lowest BCUT2D eigenvalue weighted by atomic mass is 10.00. The van der Waals surface area contributed by atoms with Gasteiger partial charge in [-0.1, -0.05) is 0 Å². The number of halogens is 3. The molecule has 5 rings (SSSR count). The second-order valence-corrected chi connectivity index (χ2v) is 9.09. The molecule has 0 bridgehead atoms. The van der Waals surface area contributed by atoms with Crippen molar-refractivity contribution in [2.45, 2.75) is 37.9 Å². The molecule has 6 nitrogen and oxygen atoms in total. The molecule has 32 heavy (non-hydrogen) atoms. The summed E-state index contributed by atoms with van der Waals surface area (Å²) >= 11 is 0. The maximum atomic E-state index is 13.2. The summed E-state index contributed by atoms with van der Waals surface area (Å²) in [7, 11) is 0.